The third kappa shape index (κ3) is 2.27. The van der Waals surface area contributed by atoms with Crippen molar-refractivity contribution in [3.8, 4) is 0 Å². The molecule has 2 N–H and O–H groups in total. The van der Waals surface area contributed by atoms with E-state index in [0.29, 0.717) is 6.07 Å². The van der Waals surface area contributed by atoms with E-state index in [1.807, 2.05) is 0 Å². The van der Waals surface area contributed by atoms with Gasteiger partial charge in [0.25, 0.3) is 11.4 Å². The highest BCUT2D eigenvalue weighted by molar-refractivity contribution is 6.60. The summed E-state index contributed by atoms with van der Waals surface area (Å²) in [5, 5.41) is 38.3. The van der Waals surface area contributed by atoms with Gasteiger partial charge in [-0.2, -0.15) is 0 Å². The molecule has 9 heteroatoms. The fraction of sp³-hybridized carbons (Fsp3) is 0. The van der Waals surface area contributed by atoms with Crippen molar-refractivity contribution in [3.05, 3.63) is 38.4 Å². The van der Waals surface area contributed by atoms with Gasteiger partial charge in [0.15, 0.2) is 0 Å². The Bertz CT molecular complexity index is 420. The van der Waals surface area contributed by atoms with E-state index in [1.54, 1.807) is 0 Å². The molecule has 0 atom stereocenters. The van der Waals surface area contributed by atoms with Crippen LogP contribution >= 0.6 is 0 Å². The first-order valence-electron chi connectivity index (χ1n) is 3.72. The van der Waals surface area contributed by atoms with Gasteiger partial charge < -0.3 is 10.0 Å². The summed E-state index contributed by atoms with van der Waals surface area (Å²) in [6.07, 6.45) is 0. The minimum absolute atomic E-state index is 0.384. The molecule has 1 aromatic rings. The number of rotatable bonds is 3. The number of hydrogen-bond donors (Lipinski definition) is 2. The van der Waals surface area contributed by atoms with Crippen LogP contribution < -0.4 is 5.46 Å². The summed E-state index contributed by atoms with van der Waals surface area (Å²) in [7, 11) is -2.04. The molecule has 0 fully saturated rings. The van der Waals surface area contributed by atoms with Gasteiger partial charge in [0.05, 0.1) is 21.4 Å². The number of nitro benzene ring substituents is 2. The van der Waals surface area contributed by atoms with E-state index in [-0.39, 0.29) is 5.46 Å². The van der Waals surface area contributed by atoms with E-state index in [2.05, 4.69) is 0 Å². The van der Waals surface area contributed by atoms with E-state index in [9.17, 15) is 20.2 Å². The first kappa shape index (κ1) is 11.1. The molecule has 8 nitrogen and oxygen atoms in total. The van der Waals surface area contributed by atoms with Crippen molar-refractivity contribution < 1.29 is 19.9 Å². The maximum Gasteiger partial charge on any atom is 0.495 e. The minimum atomic E-state index is -2.04. The van der Waals surface area contributed by atoms with Crippen LogP contribution in [0.2, 0.25) is 0 Å². The van der Waals surface area contributed by atoms with Gasteiger partial charge in [-0.15, -0.1) is 0 Å². The first-order valence-corrected chi connectivity index (χ1v) is 3.72. The lowest BCUT2D eigenvalue weighted by Gasteiger charge is -2.00. The number of nitrogens with zero attached hydrogens (tertiary/aromatic N) is 2. The number of hydrogen-bond acceptors (Lipinski definition) is 6. The monoisotopic (exact) mass is 212 g/mol. The molecule has 0 amide bonds. The van der Waals surface area contributed by atoms with Crippen molar-refractivity contribution in [3.63, 3.8) is 0 Å². The molecule has 1 aromatic carbocycles. The van der Waals surface area contributed by atoms with E-state index >= 15 is 0 Å². The zero-order chi connectivity index (χ0) is 11.6. The van der Waals surface area contributed by atoms with Gasteiger partial charge >= 0.3 is 7.12 Å². The Morgan fingerprint density at radius 3 is 2.13 bits per heavy atom. The fourth-order valence-electron chi connectivity index (χ4n) is 1.02. The Kier molecular flexibility index (Phi) is 2.97. The molecule has 0 aliphatic rings. The fourth-order valence-corrected chi connectivity index (χ4v) is 1.02. The standard InChI is InChI=1S/C6H5BN2O6/c10-7(11)5-2-1-4(8(12)13)3-6(5)9(14)15/h1-3,10-11H. The SMILES string of the molecule is O=[N+]([O-])c1ccc(B(O)O)c([N+](=O)[O-])c1. The summed E-state index contributed by atoms with van der Waals surface area (Å²) in [6.45, 7) is 0. The largest absolute Gasteiger partial charge is 0.495 e. The molecule has 0 aliphatic carbocycles. The van der Waals surface area contributed by atoms with Crippen LogP contribution in [0.5, 0.6) is 0 Å². The van der Waals surface area contributed by atoms with Gasteiger partial charge in [-0.3, -0.25) is 20.2 Å². The van der Waals surface area contributed by atoms with Crippen LogP contribution in [-0.4, -0.2) is 27.0 Å². The Morgan fingerprint density at radius 2 is 1.73 bits per heavy atom. The molecular weight excluding hydrogens is 207 g/mol. The molecule has 0 aliphatic heterocycles. The van der Waals surface area contributed by atoms with Crippen molar-refractivity contribution >= 4 is 24.0 Å². The van der Waals surface area contributed by atoms with Gasteiger partial charge in [-0.05, 0) is 6.07 Å². The van der Waals surface area contributed by atoms with Crippen molar-refractivity contribution in [1.82, 2.24) is 0 Å². The Balaban J connectivity index is 3.33. The topological polar surface area (TPSA) is 127 Å². The van der Waals surface area contributed by atoms with E-state index < -0.39 is 28.3 Å². The lowest BCUT2D eigenvalue weighted by molar-refractivity contribution is -0.393. The molecule has 78 valence electrons. The zero-order valence-electron chi connectivity index (χ0n) is 7.23. The lowest BCUT2D eigenvalue weighted by atomic mass is 9.79. The first-order chi connectivity index (χ1) is 6.93. The molecule has 0 heterocycles. The summed E-state index contributed by atoms with van der Waals surface area (Å²) in [5.74, 6) is 0. The summed E-state index contributed by atoms with van der Waals surface area (Å²) in [4.78, 5) is 19.1. The second kappa shape index (κ2) is 4.03. The third-order valence-electron chi connectivity index (χ3n) is 1.70. The minimum Gasteiger partial charge on any atom is -0.423 e. The Labute approximate surface area is 83.2 Å². The van der Waals surface area contributed by atoms with Gasteiger partial charge in [0, 0.05) is 6.07 Å². The molecule has 0 saturated heterocycles. The molecule has 1 rings (SSSR count). The Morgan fingerprint density at radius 1 is 1.13 bits per heavy atom. The van der Waals surface area contributed by atoms with Crippen LogP contribution in [0.1, 0.15) is 0 Å². The Hall–Kier alpha value is -2.00. The zero-order valence-corrected chi connectivity index (χ0v) is 7.23. The van der Waals surface area contributed by atoms with E-state index in [1.165, 1.54) is 0 Å². The van der Waals surface area contributed by atoms with Gasteiger partial charge in [0.2, 0.25) is 0 Å². The van der Waals surface area contributed by atoms with Crippen molar-refractivity contribution in [2.24, 2.45) is 0 Å². The smallest absolute Gasteiger partial charge is 0.423 e. The third-order valence-corrected chi connectivity index (χ3v) is 1.70. The van der Waals surface area contributed by atoms with Crippen molar-refractivity contribution in [2.45, 2.75) is 0 Å². The highest BCUT2D eigenvalue weighted by atomic mass is 16.6. The molecule has 0 aromatic heterocycles. The normalized spacial score (nSPS) is 9.73. The van der Waals surface area contributed by atoms with Crippen LogP contribution in [0.3, 0.4) is 0 Å². The van der Waals surface area contributed by atoms with E-state index in [4.69, 9.17) is 10.0 Å². The highest BCUT2D eigenvalue weighted by Crippen LogP contribution is 2.17. The van der Waals surface area contributed by atoms with Crippen LogP contribution in [0, 0.1) is 20.2 Å². The molecule has 0 saturated carbocycles. The quantitative estimate of drug-likeness (QED) is 0.382. The number of benzene rings is 1. The van der Waals surface area contributed by atoms with Gasteiger partial charge in [-0.25, -0.2) is 0 Å². The molecule has 0 bridgehead atoms. The second-order valence-electron chi connectivity index (χ2n) is 2.63. The van der Waals surface area contributed by atoms with Gasteiger partial charge in [0.1, 0.15) is 0 Å². The van der Waals surface area contributed by atoms with Crippen LogP contribution in [0.4, 0.5) is 11.4 Å². The number of non-ortho nitro benzene ring substituents is 1. The molecule has 0 radical (unpaired) electrons. The van der Waals surface area contributed by atoms with Crippen LogP contribution in [0.25, 0.3) is 0 Å². The molecule has 0 spiro atoms. The average Bonchev–Trinajstić information content (AvgIpc) is 2.16. The predicted octanol–water partition coefficient (Wildman–Crippen LogP) is -0.817. The molecule has 0 unspecified atom stereocenters. The summed E-state index contributed by atoms with van der Waals surface area (Å²) in [6, 6.07) is 2.57. The van der Waals surface area contributed by atoms with Crippen molar-refractivity contribution in [1.29, 1.82) is 0 Å². The summed E-state index contributed by atoms with van der Waals surface area (Å²) in [5.41, 5.74) is -1.56. The highest BCUT2D eigenvalue weighted by Gasteiger charge is 2.26. The number of nitro groups is 2. The summed E-state index contributed by atoms with van der Waals surface area (Å²) >= 11 is 0. The van der Waals surface area contributed by atoms with Crippen LogP contribution in [-0.2, 0) is 0 Å². The molecule has 15 heavy (non-hydrogen) atoms. The van der Waals surface area contributed by atoms with Gasteiger partial charge in [-0.1, -0.05) is 0 Å². The molecular formula is C6H5BN2O6. The second-order valence-corrected chi connectivity index (χ2v) is 2.63. The maximum absolute atomic E-state index is 10.5. The van der Waals surface area contributed by atoms with E-state index in [0.717, 1.165) is 12.1 Å². The lowest BCUT2D eigenvalue weighted by Crippen LogP contribution is -2.31. The van der Waals surface area contributed by atoms with Crippen molar-refractivity contribution in [2.75, 3.05) is 0 Å². The van der Waals surface area contributed by atoms with Crippen LogP contribution in [0.15, 0.2) is 18.2 Å². The average molecular weight is 212 g/mol. The summed E-state index contributed by atoms with van der Waals surface area (Å²) < 4.78 is 0. The maximum atomic E-state index is 10.5. The predicted molar refractivity (Wildman–Crippen MR) is 49.6 cm³/mol.